The van der Waals surface area contributed by atoms with Gasteiger partial charge in [0.05, 0.1) is 18.1 Å². The number of aliphatic carboxylic acids is 1. The molecule has 2 aromatic rings. The number of carboxylic acids is 1. The Hall–Kier alpha value is -2.66. The summed E-state index contributed by atoms with van der Waals surface area (Å²) < 4.78 is 5.66. The molecule has 4 unspecified atom stereocenters. The van der Waals surface area contributed by atoms with Crippen molar-refractivity contribution in [3.63, 3.8) is 0 Å². The maximum absolute atomic E-state index is 12.7. The summed E-state index contributed by atoms with van der Waals surface area (Å²) in [5.74, 6) is -2.73. The Balaban J connectivity index is 1.42. The fourth-order valence-electron chi connectivity index (χ4n) is 4.66. The lowest BCUT2D eigenvalue weighted by Crippen LogP contribution is -2.48. The summed E-state index contributed by atoms with van der Waals surface area (Å²) in [7, 11) is 0. The van der Waals surface area contributed by atoms with Crippen molar-refractivity contribution < 1.29 is 19.4 Å². The number of amides is 1. The smallest absolute Gasteiger partial charge is 0.226 e. The van der Waals surface area contributed by atoms with Crippen molar-refractivity contribution >= 4 is 11.9 Å². The predicted octanol–water partition coefficient (Wildman–Crippen LogP) is 1.87. The highest BCUT2D eigenvalue weighted by molar-refractivity contribution is 5.86. The predicted molar refractivity (Wildman–Crippen MR) is 102 cm³/mol. The Morgan fingerprint density at radius 3 is 2.00 bits per heavy atom. The standard InChI is InChI=1S/C23H25NO4/c25-22(20-18-11-12-19(28-18)21(20)23(26)27)24-14-13-17(15-7-3-1-4-8-15)16-9-5-2-6-10-16/h1-10,17-21H,11-14H2,(H,24,25)(H,26,27)/p-1. The molecular weight excluding hydrogens is 354 g/mol. The van der Waals surface area contributed by atoms with Gasteiger partial charge in [-0.2, -0.15) is 0 Å². The summed E-state index contributed by atoms with van der Waals surface area (Å²) in [5, 5.41) is 14.4. The Morgan fingerprint density at radius 2 is 1.46 bits per heavy atom. The zero-order valence-corrected chi connectivity index (χ0v) is 15.6. The minimum absolute atomic E-state index is 0.163. The third-order valence-electron chi connectivity index (χ3n) is 5.98. The van der Waals surface area contributed by atoms with Crippen LogP contribution in [0.3, 0.4) is 0 Å². The van der Waals surface area contributed by atoms with Crippen LogP contribution in [0, 0.1) is 11.8 Å². The van der Waals surface area contributed by atoms with Crippen LogP contribution in [-0.4, -0.2) is 30.6 Å². The summed E-state index contributed by atoms with van der Waals surface area (Å²) in [5.41, 5.74) is 2.39. The van der Waals surface area contributed by atoms with E-state index in [0.29, 0.717) is 13.0 Å². The van der Waals surface area contributed by atoms with Crippen LogP contribution < -0.4 is 10.4 Å². The molecule has 0 aromatic heterocycles. The van der Waals surface area contributed by atoms with E-state index in [4.69, 9.17) is 4.74 Å². The lowest BCUT2D eigenvalue weighted by Gasteiger charge is -2.28. The number of benzene rings is 2. The first-order valence-corrected chi connectivity index (χ1v) is 9.89. The van der Waals surface area contributed by atoms with Gasteiger partial charge in [-0.1, -0.05) is 60.7 Å². The van der Waals surface area contributed by atoms with Crippen molar-refractivity contribution in [1.29, 1.82) is 0 Å². The number of carboxylic acid groups (broad SMARTS) is 1. The summed E-state index contributed by atoms with van der Waals surface area (Å²) in [6.45, 7) is 0.473. The number of carbonyl (C=O) groups excluding carboxylic acids is 2. The van der Waals surface area contributed by atoms with Crippen molar-refractivity contribution in [2.45, 2.75) is 37.4 Å². The summed E-state index contributed by atoms with van der Waals surface area (Å²) in [4.78, 5) is 24.2. The fraction of sp³-hybridized carbons (Fsp3) is 0.391. The van der Waals surface area contributed by atoms with Gasteiger partial charge >= 0.3 is 0 Å². The van der Waals surface area contributed by atoms with Gasteiger partial charge in [0.1, 0.15) is 0 Å². The van der Waals surface area contributed by atoms with E-state index in [-0.39, 0.29) is 24.0 Å². The van der Waals surface area contributed by atoms with E-state index in [1.165, 1.54) is 11.1 Å². The van der Waals surface area contributed by atoms with Crippen LogP contribution in [0.5, 0.6) is 0 Å². The zero-order valence-electron chi connectivity index (χ0n) is 15.6. The highest BCUT2D eigenvalue weighted by Crippen LogP contribution is 2.43. The Kier molecular flexibility index (Phi) is 5.44. The third kappa shape index (κ3) is 3.67. The first kappa shape index (κ1) is 18.7. The molecule has 28 heavy (non-hydrogen) atoms. The number of hydrogen-bond acceptors (Lipinski definition) is 4. The van der Waals surface area contributed by atoms with Crippen LogP contribution in [0.2, 0.25) is 0 Å². The summed E-state index contributed by atoms with van der Waals surface area (Å²) >= 11 is 0. The van der Waals surface area contributed by atoms with Crippen molar-refractivity contribution in [3.8, 4) is 0 Å². The van der Waals surface area contributed by atoms with Gasteiger partial charge in [0.25, 0.3) is 0 Å². The number of rotatable bonds is 7. The minimum atomic E-state index is -1.18. The molecule has 5 nitrogen and oxygen atoms in total. The molecule has 2 fully saturated rings. The first-order valence-electron chi connectivity index (χ1n) is 9.89. The third-order valence-corrected chi connectivity index (χ3v) is 5.98. The van der Waals surface area contributed by atoms with E-state index in [1.807, 2.05) is 36.4 Å². The normalized spacial score (nSPS) is 25.8. The van der Waals surface area contributed by atoms with Gasteiger partial charge in [0.15, 0.2) is 0 Å². The second kappa shape index (κ2) is 8.15. The molecule has 2 heterocycles. The molecule has 1 N–H and O–H groups in total. The van der Waals surface area contributed by atoms with Gasteiger partial charge in [0, 0.05) is 24.3 Å². The summed E-state index contributed by atoms with van der Waals surface area (Å²) in [6, 6.07) is 20.4. The van der Waals surface area contributed by atoms with E-state index < -0.39 is 17.8 Å². The Morgan fingerprint density at radius 1 is 0.929 bits per heavy atom. The lowest BCUT2D eigenvalue weighted by atomic mass is 9.78. The molecule has 2 saturated heterocycles. The molecule has 4 rings (SSSR count). The molecule has 1 amide bonds. The molecule has 2 aromatic carbocycles. The fourth-order valence-corrected chi connectivity index (χ4v) is 4.66. The lowest BCUT2D eigenvalue weighted by molar-refractivity contribution is -0.314. The number of fused-ring (bicyclic) bond motifs is 2. The molecular formula is C23H24NO4-. The van der Waals surface area contributed by atoms with Gasteiger partial charge in [-0.25, -0.2) is 0 Å². The van der Waals surface area contributed by atoms with E-state index in [9.17, 15) is 14.7 Å². The van der Waals surface area contributed by atoms with Crippen LogP contribution in [0.1, 0.15) is 36.3 Å². The van der Waals surface area contributed by atoms with E-state index >= 15 is 0 Å². The largest absolute Gasteiger partial charge is 0.550 e. The number of ether oxygens (including phenoxy) is 1. The average molecular weight is 378 g/mol. The Labute approximate surface area is 164 Å². The molecule has 2 bridgehead atoms. The quantitative estimate of drug-likeness (QED) is 0.798. The van der Waals surface area contributed by atoms with Crippen LogP contribution in [-0.2, 0) is 14.3 Å². The van der Waals surface area contributed by atoms with Gasteiger partial charge in [-0.05, 0) is 30.4 Å². The van der Waals surface area contributed by atoms with Crippen molar-refractivity contribution in [1.82, 2.24) is 5.32 Å². The van der Waals surface area contributed by atoms with Crippen molar-refractivity contribution in [2.24, 2.45) is 11.8 Å². The minimum Gasteiger partial charge on any atom is -0.550 e. The average Bonchev–Trinajstić information content (AvgIpc) is 3.34. The molecule has 2 aliphatic heterocycles. The highest BCUT2D eigenvalue weighted by Gasteiger charge is 2.52. The van der Waals surface area contributed by atoms with Crippen LogP contribution >= 0.6 is 0 Å². The van der Waals surface area contributed by atoms with Crippen molar-refractivity contribution in [2.75, 3.05) is 6.54 Å². The monoisotopic (exact) mass is 378 g/mol. The zero-order chi connectivity index (χ0) is 19.5. The van der Waals surface area contributed by atoms with Gasteiger partial charge in [-0.15, -0.1) is 0 Å². The first-order chi connectivity index (χ1) is 13.6. The molecule has 146 valence electrons. The molecule has 2 aliphatic rings. The van der Waals surface area contributed by atoms with Crippen LogP contribution in [0.4, 0.5) is 0 Å². The number of carbonyl (C=O) groups is 2. The van der Waals surface area contributed by atoms with Crippen LogP contribution in [0.25, 0.3) is 0 Å². The van der Waals surface area contributed by atoms with Gasteiger partial charge < -0.3 is 20.0 Å². The highest BCUT2D eigenvalue weighted by atomic mass is 16.5. The van der Waals surface area contributed by atoms with Crippen LogP contribution in [0.15, 0.2) is 60.7 Å². The molecule has 0 radical (unpaired) electrons. The van der Waals surface area contributed by atoms with Gasteiger partial charge in [0.2, 0.25) is 5.91 Å². The second-order valence-electron chi connectivity index (χ2n) is 7.61. The number of hydrogen-bond donors (Lipinski definition) is 1. The SMILES string of the molecule is O=C([O-])C1C2CCC(O2)C1C(=O)NCCC(c1ccccc1)c1ccccc1. The summed E-state index contributed by atoms with van der Waals surface area (Å²) in [6.07, 6.45) is 1.48. The van der Waals surface area contributed by atoms with E-state index in [1.54, 1.807) is 0 Å². The number of nitrogens with one attached hydrogen (secondary N) is 1. The maximum Gasteiger partial charge on any atom is 0.226 e. The second-order valence-corrected chi connectivity index (χ2v) is 7.61. The molecule has 0 aliphatic carbocycles. The van der Waals surface area contributed by atoms with Crippen molar-refractivity contribution in [3.05, 3.63) is 71.8 Å². The molecule has 5 heteroatoms. The molecule has 4 atom stereocenters. The Bertz CT molecular complexity index is 784. The van der Waals surface area contributed by atoms with E-state index in [0.717, 1.165) is 12.8 Å². The maximum atomic E-state index is 12.7. The molecule has 0 spiro atoms. The molecule has 0 saturated carbocycles. The van der Waals surface area contributed by atoms with Gasteiger partial charge in [-0.3, -0.25) is 4.79 Å². The topological polar surface area (TPSA) is 78.5 Å². The van der Waals surface area contributed by atoms with E-state index in [2.05, 4.69) is 29.6 Å².